The smallest absolute Gasteiger partial charge is 0.416 e. The molecular formula is C64H60F6N4O20. The minimum absolute atomic E-state index is 0.00143. The van der Waals surface area contributed by atoms with Crippen LogP contribution >= 0.6 is 0 Å². The van der Waals surface area contributed by atoms with Crippen LogP contribution in [0.25, 0.3) is 78.7 Å². The van der Waals surface area contributed by atoms with E-state index in [9.17, 15) is 97.8 Å². The topological polar surface area (TPSA) is 396 Å². The standard InChI is InChI=1S/C64H60F6N4O20/c65-63(66,67)29-16-28(17-30(21-29)64(68,69)70)46-39-15-13-37(73-39)44(26-5-2-8-32(19-26)90-61-58(87)55(84)50(79)41(23-76)93-61)35-11-10-34(71-35)43(25-4-1-7-31(18-25)89-60-57(86)54(83)49(78)40(22-75)92-60)36-12-14-38(72-36)45(47-52(81)53(82)48(46)74-47)27-6-3-9-33(20-27)91-62-59(88)56(85)51(80)42(24-77)94-62/h1-21,40-42,49-62,72-73,75-88H,22-24H2/t40?,41?,42?,49?,50?,51?,52-,53+,54?,55?,56?,57?,58?,59?,60?,61?,62?/m1/s1. The van der Waals surface area contributed by atoms with E-state index in [0.717, 1.165) is 0 Å². The van der Waals surface area contributed by atoms with Gasteiger partial charge in [0.1, 0.15) is 103 Å². The van der Waals surface area contributed by atoms with E-state index >= 15 is 0 Å². The van der Waals surface area contributed by atoms with E-state index in [-0.39, 0.29) is 84.6 Å². The number of hydrogen-bond donors (Lipinski definition) is 16. The number of hydrogen-bond acceptors (Lipinski definition) is 22. The second-order valence-corrected chi connectivity index (χ2v) is 22.9. The third kappa shape index (κ3) is 12.5. The van der Waals surface area contributed by atoms with Gasteiger partial charge in [-0.2, -0.15) is 26.3 Å². The summed E-state index contributed by atoms with van der Waals surface area (Å²) in [4.78, 5) is 16.3. The second kappa shape index (κ2) is 26.0. The fourth-order valence-electron chi connectivity index (χ4n) is 11.9. The number of aromatic amines is 2. The van der Waals surface area contributed by atoms with Crippen LogP contribution in [-0.4, -0.2) is 203 Å². The third-order valence-corrected chi connectivity index (χ3v) is 16.8. The fraction of sp³-hybridized carbons (Fsp3) is 0.344. The van der Waals surface area contributed by atoms with Gasteiger partial charge in [0.15, 0.2) is 0 Å². The third-order valence-electron chi connectivity index (χ3n) is 16.8. The van der Waals surface area contributed by atoms with Crippen LogP contribution in [0.1, 0.15) is 46.1 Å². The largest absolute Gasteiger partial charge is 0.462 e. The normalized spacial score (nSPS) is 28.9. The summed E-state index contributed by atoms with van der Waals surface area (Å²) in [5, 5.41) is 151. The van der Waals surface area contributed by atoms with E-state index in [1.165, 1.54) is 72.8 Å². The van der Waals surface area contributed by atoms with Gasteiger partial charge in [-0.25, -0.2) is 4.98 Å². The zero-order chi connectivity index (χ0) is 67.0. The Morgan fingerprint density at radius 2 is 0.691 bits per heavy atom. The average molecular weight is 1320 g/mol. The zero-order valence-corrected chi connectivity index (χ0v) is 48.4. The first-order chi connectivity index (χ1) is 44.7. The number of benzene rings is 4. The molecule has 3 fully saturated rings. The van der Waals surface area contributed by atoms with Gasteiger partial charge >= 0.3 is 12.4 Å². The van der Waals surface area contributed by atoms with Crippen LogP contribution < -0.4 is 14.2 Å². The van der Waals surface area contributed by atoms with Gasteiger partial charge < -0.3 is 110 Å². The van der Waals surface area contributed by atoms with Crippen molar-refractivity contribution in [1.82, 2.24) is 19.9 Å². The fourth-order valence-corrected chi connectivity index (χ4v) is 11.9. The number of aromatic nitrogens is 4. The Bertz CT molecular complexity index is 4130. The van der Waals surface area contributed by atoms with Crippen molar-refractivity contribution in [3.63, 3.8) is 0 Å². The highest BCUT2D eigenvalue weighted by atomic mass is 19.4. The lowest BCUT2D eigenvalue weighted by atomic mass is 9.95. The van der Waals surface area contributed by atoms with E-state index in [1.807, 2.05) is 0 Å². The van der Waals surface area contributed by atoms with Crippen LogP contribution in [0.15, 0.2) is 115 Å². The summed E-state index contributed by atoms with van der Waals surface area (Å²) in [6, 6.07) is 24.1. The van der Waals surface area contributed by atoms with E-state index < -0.39 is 170 Å². The molecule has 498 valence electrons. The van der Waals surface area contributed by atoms with Gasteiger partial charge in [-0.15, -0.1) is 0 Å². The van der Waals surface area contributed by atoms with Crippen LogP contribution in [-0.2, 0) is 26.6 Å². The van der Waals surface area contributed by atoms with Crippen LogP contribution in [0.3, 0.4) is 0 Å². The molecule has 0 amide bonds. The summed E-state index contributed by atoms with van der Waals surface area (Å²) < 4.78 is 124. The maximum absolute atomic E-state index is 14.9. The first-order valence-corrected chi connectivity index (χ1v) is 29.1. The quantitative estimate of drug-likeness (QED) is 0.0735. The van der Waals surface area contributed by atoms with Crippen LogP contribution in [0.2, 0.25) is 0 Å². The number of aliphatic hydroxyl groups is 14. The Balaban J connectivity index is 1.15. The van der Waals surface area contributed by atoms with Crippen LogP contribution in [0.4, 0.5) is 26.3 Å². The highest BCUT2D eigenvalue weighted by Crippen LogP contribution is 2.48. The molecule has 15 unspecified atom stereocenters. The van der Waals surface area contributed by atoms with Crippen molar-refractivity contribution in [2.75, 3.05) is 19.8 Å². The molecule has 0 aliphatic carbocycles. The summed E-state index contributed by atoms with van der Waals surface area (Å²) in [6.07, 6.45) is -37.6. The van der Waals surface area contributed by atoms with Crippen molar-refractivity contribution < 1.29 is 126 Å². The van der Waals surface area contributed by atoms with E-state index in [4.69, 9.17) is 38.4 Å². The molecule has 0 radical (unpaired) electrons. The van der Waals surface area contributed by atoms with Crippen LogP contribution in [0, 0.1) is 0 Å². The molecule has 4 aromatic carbocycles. The van der Waals surface area contributed by atoms with Crippen molar-refractivity contribution in [3.05, 3.63) is 149 Å². The van der Waals surface area contributed by atoms with E-state index in [2.05, 4.69) is 9.97 Å². The summed E-state index contributed by atoms with van der Waals surface area (Å²) >= 11 is 0. The number of nitrogens with one attached hydrogen (secondary N) is 2. The van der Waals surface area contributed by atoms with Gasteiger partial charge in [0.25, 0.3) is 0 Å². The van der Waals surface area contributed by atoms with Gasteiger partial charge in [0.2, 0.25) is 18.9 Å². The highest BCUT2D eigenvalue weighted by molar-refractivity contribution is 5.98. The number of aliphatic hydroxyl groups excluding tert-OH is 14. The SMILES string of the molecule is OCC1OC(Oc2cccc(-c3c4nc(c(-c5cccc(OC6OC(CO)C(O)C(O)C6O)c5)c5ccc([nH]5)c(-c5cc(C(F)(F)F)cc(C(F)(F)F)c5)c5nc(c(-c6cccc(OC7OC(CO)C(O)C(O)C7O)c6)c6ccc3[nH]6)[C@@H](O)[C@H]5O)C=C4)c2)C(O)C(O)C1O. The Kier molecular flexibility index (Phi) is 18.3. The first kappa shape index (κ1) is 66.1. The second-order valence-electron chi connectivity index (χ2n) is 22.9. The molecule has 8 heterocycles. The molecule has 3 saturated heterocycles. The molecule has 94 heavy (non-hydrogen) atoms. The molecular weight excluding hydrogens is 1260 g/mol. The molecule has 24 nitrogen and oxygen atoms in total. The van der Waals surface area contributed by atoms with Crippen molar-refractivity contribution in [2.45, 2.75) is 117 Å². The predicted octanol–water partition coefficient (Wildman–Crippen LogP) is 3.49. The van der Waals surface area contributed by atoms with E-state index in [1.54, 1.807) is 36.4 Å². The van der Waals surface area contributed by atoms with Crippen molar-refractivity contribution in [1.29, 1.82) is 0 Å². The number of fused-ring (bicyclic) bond motifs is 8. The monoisotopic (exact) mass is 1320 g/mol. The maximum atomic E-state index is 14.9. The number of nitrogens with zero attached hydrogens (tertiary/aromatic N) is 2. The molecule has 3 aromatic heterocycles. The molecule has 0 spiro atoms. The highest BCUT2D eigenvalue weighted by Gasteiger charge is 2.48. The van der Waals surface area contributed by atoms with E-state index in [0.29, 0.717) is 17.7 Å². The molecule has 17 atom stereocenters. The summed E-state index contributed by atoms with van der Waals surface area (Å²) in [5.41, 5.74) is -4.79. The number of alkyl halides is 6. The lowest BCUT2D eigenvalue weighted by Crippen LogP contribution is -2.60. The number of rotatable bonds is 13. The lowest BCUT2D eigenvalue weighted by molar-refractivity contribution is -0.277. The molecule has 5 aliphatic heterocycles. The van der Waals surface area contributed by atoms with Gasteiger partial charge in [-0.1, -0.05) is 36.4 Å². The number of halogens is 6. The summed E-state index contributed by atoms with van der Waals surface area (Å²) in [7, 11) is 0. The Morgan fingerprint density at radius 1 is 0.372 bits per heavy atom. The average Bonchev–Trinajstić information content (AvgIpc) is 1.60. The van der Waals surface area contributed by atoms with Crippen LogP contribution in [0.5, 0.6) is 17.2 Å². The molecule has 8 bridgehead atoms. The van der Waals surface area contributed by atoms with Gasteiger partial charge in [-0.05, 0) is 113 Å². The summed E-state index contributed by atoms with van der Waals surface area (Å²) in [5.74, 6) is -0.186. The van der Waals surface area contributed by atoms with Crippen molar-refractivity contribution in [2.24, 2.45) is 0 Å². The van der Waals surface area contributed by atoms with Crippen molar-refractivity contribution >= 4 is 34.2 Å². The molecule has 5 aliphatic rings. The molecule has 0 saturated carbocycles. The molecule has 30 heteroatoms. The van der Waals surface area contributed by atoms with Gasteiger partial charge in [0, 0.05) is 44.3 Å². The maximum Gasteiger partial charge on any atom is 0.416 e. The predicted molar refractivity (Wildman–Crippen MR) is 315 cm³/mol. The minimum atomic E-state index is -5.39. The molecule has 16 N–H and O–H groups in total. The molecule has 12 rings (SSSR count). The Labute approximate surface area is 526 Å². The Morgan fingerprint density at radius 3 is 1.02 bits per heavy atom. The Hall–Kier alpha value is -7.96. The zero-order valence-electron chi connectivity index (χ0n) is 48.4. The minimum Gasteiger partial charge on any atom is -0.462 e. The number of ether oxygens (including phenoxy) is 6. The molecule has 7 aromatic rings. The van der Waals surface area contributed by atoms with Gasteiger partial charge in [0.05, 0.1) is 53.7 Å². The summed E-state index contributed by atoms with van der Waals surface area (Å²) in [6.45, 7) is -2.37. The first-order valence-electron chi connectivity index (χ1n) is 29.1. The lowest BCUT2D eigenvalue weighted by Gasteiger charge is -2.39. The van der Waals surface area contributed by atoms with Crippen molar-refractivity contribution in [3.8, 4) is 61.8 Å². The number of H-pyrrole nitrogens is 2. The van der Waals surface area contributed by atoms with Gasteiger partial charge in [-0.3, -0.25) is 4.98 Å².